The second-order valence-corrected chi connectivity index (χ2v) is 10.6. The number of benzene rings is 1. The summed E-state index contributed by atoms with van der Waals surface area (Å²) >= 11 is 0. The quantitative estimate of drug-likeness (QED) is 0.198. The molecule has 2 nitrogen and oxygen atoms in total. The molecule has 2 aromatic rings. The first kappa shape index (κ1) is 27.7. The molecule has 1 aromatic heterocycles. The van der Waals surface area contributed by atoms with Crippen LogP contribution in [-0.2, 0) is 6.42 Å². The van der Waals surface area contributed by atoms with E-state index in [9.17, 15) is 4.39 Å². The molecule has 0 N–H and O–H groups in total. The Hall–Kier alpha value is -1.90. The van der Waals surface area contributed by atoms with Crippen molar-refractivity contribution in [3.8, 4) is 17.0 Å². The molecule has 3 rings (SSSR count). The summed E-state index contributed by atoms with van der Waals surface area (Å²) in [4.78, 5) is 4.68. The highest BCUT2D eigenvalue weighted by molar-refractivity contribution is 5.60. The van der Waals surface area contributed by atoms with Crippen molar-refractivity contribution >= 4 is 0 Å². The summed E-state index contributed by atoms with van der Waals surface area (Å²) in [6.45, 7) is 2.31. The van der Waals surface area contributed by atoms with Crippen molar-refractivity contribution in [2.24, 2.45) is 5.92 Å². The summed E-state index contributed by atoms with van der Waals surface area (Å²) in [6, 6.07) is 12.2. The van der Waals surface area contributed by atoms with Crippen LogP contribution in [0.2, 0.25) is 0 Å². The Morgan fingerprint density at radius 1 is 0.857 bits per heavy atom. The highest BCUT2D eigenvalue weighted by Gasteiger charge is 2.13. The highest BCUT2D eigenvalue weighted by Crippen LogP contribution is 2.29. The minimum atomic E-state index is -0.887. The van der Waals surface area contributed by atoms with E-state index in [1.54, 1.807) is 0 Å². The number of alkyl halides is 1. The summed E-state index contributed by atoms with van der Waals surface area (Å²) in [5.41, 5.74) is 3.36. The fourth-order valence-corrected chi connectivity index (χ4v) is 5.30. The molecule has 0 unspecified atom stereocenters. The van der Waals surface area contributed by atoms with Crippen molar-refractivity contribution in [2.45, 2.75) is 122 Å². The van der Waals surface area contributed by atoms with E-state index in [2.05, 4.69) is 24.0 Å². The van der Waals surface area contributed by atoms with Crippen molar-refractivity contribution in [3.05, 3.63) is 48.2 Å². The van der Waals surface area contributed by atoms with E-state index in [1.807, 2.05) is 30.5 Å². The average Bonchev–Trinajstić information content (AvgIpc) is 3.41. The standard InChI is InChI=1S/C32H48FNO/c1-2-3-4-11-18-30(33)26-35-31-22-20-29(21-23-31)32-24-19-28(25-34-32)17-10-8-6-5-7-9-14-27-15-12-13-16-27/h19-25,27,30H,2-18,26H2,1H3/t30-/m1/s1. The number of aromatic nitrogens is 1. The van der Waals surface area contributed by atoms with Gasteiger partial charge in [0.1, 0.15) is 18.5 Å². The molecule has 0 saturated heterocycles. The zero-order valence-electron chi connectivity index (χ0n) is 22.2. The molecular formula is C32H48FNO. The second-order valence-electron chi connectivity index (χ2n) is 10.6. The van der Waals surface area contributed by atoms with Gasteiger partial charge in [-0.25, -0.2) is 4.39 Å². The number of aryl methyl sites for hydroxylation is 1. The van der Waals surface area contributed by atoms with Gasteiger partial charge in [0, 0.05) is 11.8 Å². The lowest BCUT2D eigenvalue weighted by Crippen LogP contribution is -2.12. The van der Waals surface area contributed by atoms with Crippen LogP contribution in [0.3, 0.4) is 0 Å². The Morgan fingerprint density at radius 2 is 1.57 bits per heavy atom. The van der Waals surface area contributed by atoms with Crippen LogP contribution in [0.25, 0.3) is 11.3 Å². The topological polar surface area (TPSA) is 22.1 Å². The maximum absolute atomic E-state index is 14.0. The molecule has 0 radical (unpaired) electrons. The molecular weight excluding hydrogens is 433 g/mol. The zero-order chi connectivity index (χ0) is 24.6. The monoisotopic (exact) mass is 481 g/mol. The molecule has 1 aliphatic carbocycles. The Labute approximate surface area is 214 Å². The van der Waals surface area contributed by atoms with Crippen molar-refractivity contribution in [3.63, 3.8) is 0 Å². The first-order chi connectivity index (χ1) is 17.2. The molecule has 194 valence electrons. The molecule has 1 aromatic carbocycles. The minimum Gasteiger partial charge on any atom is -0.491 e. The molecule has 0 aliphatic heterocycles. The van der Waals surface area contributed by atoms with Crippen LogP contribution in [-0.4, -0.2) is 17.8 Å². The van der Waals surface area contributed by atoms with Gasteiger partial charge in [-0.05, 0) is 61.1 Å². The summed E-state index contributed by atoms with van der Waals surface area (Å²) < 4.78 is 19.6. The maximum atomic E-state index is 14.0. The van der Waals surface area contributed by atoms with Crippen LogP contribution < -0.4 is 4.74 Å². The number of hydrogen-bond acceptors (Lipinski definition) is 2. The van der Waals surface area contributed by atoms with Gasteiger partial charge < -0.3 is 4.74 Å². The molecule has 1 atom stereocenters. The van der Waals surface area contributed by atoms with Gasteiger partial charge in [-0.3, -0.25) is 4.98 Å². The summed E-state index contributed by atoms with van der Waals surface area (Å²) in [6.07, 6.45) is 22.9. The lowest BCUT2D eigenvalue weighted by atomic mass is 9.99. The van der Waals surface area contributed by atoms with Gasteiger partial charge >= 0.3 is 0 Å². The maximum Gasteiger partial charge on any atom is 0.134 e. The van der Waals surface area contributed by atoms with E-state index >= 15 is 0 Å². The zero-order valence-corrected chi connectivity index (χ0v) is 22.2. The molecule has 3 heteroatoms. The third kappa shape index (κ3) is 11.1. The van der Waals surface area contributed by atoms with Crippen molar-refractivity contribution < 1.29 is 9.13 Å². The first-order valence-corrected chi connectivity index (χ1v) is 14.6. The molecule has 0 bridgehead atoms. The summed E-state index contributed by atoms with van der Waals surface area (Å²) in [5.74, 6) is 1.77. The number of nitrogens with zero attached hydrogens (tertiary/aromatic N) is 1. The van der Waals surface area contributed by atoms with Crippen LogP contribution in [0.4, 0.5) is 4.39 Å². The summed E-state index contributed by atoms with van der Waals surface area (Å²) in [7, 11) is 0. The first-order valence-electron chi connectivity index (χ1n) is 14.6. The van der Waals surface area contributed by atoms with Gasteiger partial charge in [0.25, 0.3) is 0 Å². The molecule has 1 heterocycles. The normalized spacial score (nSPS) is 14.9. The van der Waals surface area contributed by atoms with Crippen molar-refractivity contribution in [1.82, 2.24) is 4.98 Å². The van der Waals surface area contributed by atoms with Gasteiger partial charge in [-0.15, -0.1) is 0 Å². The number of ether oxygens (including phenoxy) is 1. The third-order valence-corrected chi connectivity index (χ3v) is 7.58. The van der Waals surface area contributed by atoms with Crippen LogP contribution in [0.5, 0.6) is 5.75 Å². The number of unbranched alkanes of at least 4 members (excludes halogenated alkanes) is 8. The number of pyridine rings is 1. The Bertz CT molecular complexity index is 782. The van der Waals surface area contributed by atoms with Crippen LogP contribution in [0, 0.1) is 5.92 Å². The van der Waals surface area contributed by atoms with Crippen LogP contribution in [0.15, 0.2) is 42.6 Å². The Balaban J connectivity index is 1.27. The van der Waals surface area contributed by atoms with Gasteiger partial charge in [0.2, 0.25) is 0 Å². The Kier molecular flexibility index (Phi) is 13.2. The van der Waals surface area contributed by atoms with Crippen LogP contribution >= 0.6 is 0 Å². The van der Waals surface area contributed by atoms with E-state index in [0.29, 0.717) is 6.42 Å². The third-order valence-electron chi connectivity index (χ3n) is 7.58. The predicted molar refractivity (Wildman–Crippen MR) is 147 cm³/mol. The fraction of sp³-hybridized carbons (Fsp3) is 0.656. The second kappa shape index (κ2) is 16.7. The van der Waals surface area contributed by atoms with Gasteiger partial charge in [0.05, 0.1) is 5.69 Å². The lowest BCUT2D eigenvalue weighted by Gasteiger charge is -2.11. The molecule has 0 spiro atoms. The van der Waals surface area contributed by atoms with Crippen molar-refractivity contribution in [2.75, 3.05) is 6.61 Å². The SMILES string of the molecule is CCCCCC[C@@H](F)COc1ccc(-c2ccc(CCCCCCCCC3CCCC3)cn2)cc1. The summed E-state index contributed by atoms with van der Waals surface area (Å²) in [5, 5.41) is 0. The van der Waals surface area contributed by atoms with Crippen molar-refractivity contribution in [1.29, 1.82) is 0 Å². The van der Waals surface area contributed by atoms with Gasteiger partial charge in [0.15, 0.2) is 0 Å². The Morgan fingerprint density at radius 3 is 2.29 bits per heavy atom. The van der Waals surface area contributed by atoms with Gasteiger partial charge in [-0.1, -0.05) is 103 Å². The molecule has 1 saturated carbocycles. The lowest BCUT2D eigenvalue weighted by molar-refractivity contribution is 0.184. The minimum absolute atomic E-state index is 0.138. The van der Waals surface area contributed by atoms with E-state index in [0.717, 1.165) is 42.2 Å². The predicted octanol–water partition coefficient (Wildman–Crippen LogP) is 9.90. The number of hydrogen-bond donors (Lipinski definition) is 0. The smallest absolute Gasteiger partial charge is 0.134 e. The molecule has 0 amide bonds. The largest absolute Gasteiger partial charge is 0.491 e. The number of halogens is 1. The van der Waals surface area contributed by atoms with Crippen LogP contribution in [0.1, 0.15) is 115 Å². The number of rotatable bonds is 18. The van der Waals surface area contributed by atoms with E-state index in [-0.39, 0.29) is 6.61 Å². The fourth-order valence-electron chi connectivity index (χ4n) is 5.30. The molecule has 1 aliphatic rings. The van der Waals surface area contributed by atoms with Gasteiger partial charge in [-0.2, -0.15) is 0 Å². The van der Waals surface area contributed by atoms with E-state index in [4.69, 9.17) is 4.74 Å². The highest BCUT2D eigenvalue weighted by atomic mass is 19.1. The molecule has 35 heavy (non-hydrogen) atoms. The van der Waals surface area contributed by atoms with E-state index in [1.165, 1.54) is 89.0 Å². The molecule has 1 fully saturated rings. The van der Waals surface area contributed by atoms with E-state index < -0.39 is 6.17 Å². The average molecular weight is 482 g/mol.